The van der Waals surface area contributed by atoms with Gasteiger partial charge in [0.15, 0.2) is 5.82 Å². The maximum absolute atomic E-state index is 12.7. The normalized spacial score (nSPS) is 15.5. The van der Waals surface area contributed by atoms with Crippen molar-refractivity contribution in [3.8, 4) is 0 Å². The Kier molecular flexibility index (Phi) is 5.66. The first-order valence-electron chi connectivity index (χ1n) is 7.99. The van der Waals surface area contributed by atoms with Crippen LogP contribution in [0.1, 0.15) is 45.4 Å². The van der Waals surface area contributed by atoms with Crippen LogP contribution in [0.4, 0.5) is 25.1 Å². The van der Waals surface area contributed by atoms with Crippen LogP contribution in [0, 0.1) is 0 Å². The highest BCUT2D eigenvalue weighted by Crippen LogP contribution is 2.27. The number of anilines is 2. The minimum atomic E-state index is -4.60. The number of allylic oxidation sites excluding steroid dienone is 3. The summed E-state index contributed by atoms with van der Waals surface area (Å²) in [7, 11) is 0. The van der Waals surface area contributed by atoms with Crippen LogP contribution in [0.15, 0.2) is 18.4 Å². The van der Waals surface area contributed by atoms with Crippen LogP contribution in [0.25, 0.3) is 5.57 Å². The first-order chi connectivity index (χ1) is 11.5. The fourth-order valence-corrected chi connectivity index (χ4v) is 2.20. The summed E-state index contributed by atoms with van der Waals surface area (Å²) in [6.07, 6.45) is 1.06. The van der Waals surface area contributed by atoms with Gasteiger partial charge < -0.3 is 15.7 Å². The summed E-state index contributed by atoms with van der Waals surface area (Å²) in [5.74, 6) is 0.179. The fourth-order valence-electron chi connectivity index (χ4n) is 2.20. The lowest BCUT2D eigenvalue weighted by Gasteiger charge is -2.19. The largest absolute Gasteiger partial charge is 0.430 e. The van der Waals surface area contributed by atoms with E-state index in [1.807, 2.05) is 6.08 Å². The van der Waals surface area contributed by atoms with E-state index in [2.05, 4.69) is 32.2 Å². The van der Waals surface area contributed by atoms with Gasteiger partial charge in [0.25, 0.3) is 0 Å². The van der Waals surface area contributed by atoms with Crippen molar-refractivity contribution in [1.82, 2.24) is 15.0 Å². The van der Waals surface area contributed by atoms with Crippen molar-refractivity contribution in [2.24, 2.45) is 0 Å². The van der Waals surface area contributed by atoms with Crippen molar-refractivity contribution in [3.63, 3.8) is 0 Å². The first-order valence-corrected chi connectivity index (χ1v) is 7.99. The summed E-state index contributed by atoms with van der Waals surface area (Å²) in [6, 6.07) is 0. The van der Waals surface area contributed by atoms with Gasteiger partial charge in [-0.2, -0.15) is 28.1 Å². The Morgan fingerprint density at radius 3 is 2.44 bits per heavy atom. The molecule has 0 amide bonds. The molecule has 3 N–H and O–H groups in total. The monoisotopic (exact) mass is 357 g/mol. The molecule has 1 aliphatic carbocycles. The highest BCUT2D eigenvalue weighted by atomic mass is 19.4. The van der Waals surface area contributed by atoms with E-state index in [0.717, 1.165) is 31.3 Å². The van der Waals surface area contributed by atoms with E-state index in [1.54, 1.807) is 13.8 Å². The molecule has 2 rings (SSSR count). The fraction of sp³-hybridized carbons (Fsp3) is 0.562. The molecule has 0 unspecified atom stereocenters. The summed E-state index contributed by atoms with van der Waals surface area (Å²) in [6.45, 7) is 6.29. The molecule has 0 spiro atoms. The minimum Gasteiger partial charge on any atom is -0.389 e. The van der Waals surface area contributed by atoms with Crippen LogP contribution in [0.2, 0.25) is 0 Å². The molecule has 0 saturated carbocycles. The third-order valence-electron chi connectivity index (χ3n) is 3.50. The lowest BCUT2D eigenvalue weighted by molar-refractivity contribution is -0.0899. The van der Waals surface area contributed by atoms with E-state index in [1.165, 1.54) is 0 Å². The number of hydrogen-bond donors (Lipinski definition) is 3. The summed E-state index contributed by atoms with van der Waals surface area (Å²) < 4.78 is 38.1. The van der Waals surface area contributed by atoms with Crippen molar-refractivity contribution in [1.29, 1.82) is 0 Å². The van der Waals surface area contributed by atoms with Gasteiger partial charge in [-0.1, -0.05) is 12.7 Å². The summed E-state index contributed by atoms with van der Waals surface area (Å²) in [5, 5.41) is 14.7. The first kappa shape index (κ1) is 19.2. The Morgan fingerprint density at radius 2 is 1.88 bits per heavy atom. The number of halogens is 3. The maximum atomic E-state index is 12.7. The molecule has 1 heterocycles. The van der Waals surface area contributed by atoms with Crippen LogP contribution < -0.4 is 10.6 Å². The molecule has 25 heavy (non-hydrogen) atoms. The standard InChI is InChI=1S/C16H22F3N5O/c1-10(16(17,18)19)21-14-23-12(11-7-5-4-6-8-11)22-13(24-14)20-9-15(2,3)25/h7,25H,1,4-6,8-9H2,2-3H3,(H2,20,21,22,23,24). The zero-order chi connectivity index (χ0) is 18.7. The van der Waals surface area contributed by atoms with Crippen molar-refractivity contribution in [3.05, 3.63) is 24.2 Å². The molecular weight excluding hydrogens is 335 g/mol. The van der Waals surface area contributed by atoms with Gasteiger partial charge in [0.1, 0.15) is 5.70 Å². The quantitative estimate of drug-likeness (QED) is 0.723. The van der Waals surface area contributed by atoms with Crippen LogP contribution >= 0.6 is 0 Å². The number of alkyl halides is 3. The van der Waals surface area contributed by atoms with E-state index >= 15 is 0 Å². The van der Waals surface area contributed by atoms with E-state index in [-0.39, 0.29) is 18.4 Å². The third kappa shape index (κ3) is 6.00. The topological polar surface area (TPSA) is 83.0 Å². The predicted molar refractivity (Wildman–Crippen MR) is 89.9 cm³/mol. The summed E-state index contributed by atoms with van der Waals surface area (Å²) in [4.78, 5) is 12.3. The molecule has 9 heteroatoms. The second kappa shape index (κ2) is 7.38. The second-order valence-electron chi connectivity index (χ2n) is 6.55. The third-order valence-corrected chi connectivity index (χ3v) is 3.50. The van der Waals surface area contributed by atoms with Gasteiger partial charge in [0.05, 0.1) is 5.60 Å². The Labute approximate surface area is 144 Å². The average molecular weight is 357 g/mol. The molecule has 138 valence electrons. The Balaban J connectivity index is 2.30. The summed E-state index contributed by atoms with van der Waals surface area (Å²) >= 11 is 0. The van der Waals surface area contributed by atoms with E-state index in [4.69, 9.17) is 0 Å². The number of hydrogen-bond acceptors (Lipinski definition) is 6. The second-order valence-corrected chi connectivity index (χ2v) is 6.55. The molecule has 0 fully saturated rings. The van der Waals surface area contributed by atoms with E-state index < -0.39 is 17.5 Å². The molecule has 0 aliphatic heterocycles. The van der Waals surface area contributed by atoms with Crippen molar-refractivity contribution < 1.29 is 18.3 Å². The van der Waals surface area contributed by atoms with Crippen molar-refractivity contribution >= 4 is 17.5 Å². The number of nitrogens with one attached hydrogen (secondary N) is 2. The average Bonchev–Trinajstić information content (AvgIpc) is 2.52. The molecular formula is C16H22F3N5O. The van der Waals surface area contributed by atoms with E-state index in [0.29, 0.717) is 5.82 Å². The van der Waals surface area contributed by atoms with Gasteiger partial charge >= 0.3 is 6.18 Å². The number of aromatic nitrogens is 3. The molecule has 0 atom stereocenters. The Hall–Kier alpha value is -2.16. The Morgan fingerprint density at radius 1 is 1.20 bits per heavy atom. The predicted octanol–water partition coefficient (Wildman–Crippen LogP) is 3.50. The van der Waals surface area contributed by atoms with E-state index in [9.17, 15) is 18.3 Å². The smallest absolute Gasteiger partial charge is 0.389 e. The van der Waals surface area contributed by atoms with Gasteiger partial charge in [-0.15, -0.1) is 0 Å². The van der Waals surface area contributed by atoms with Crippen molar-refractivity contribution in [2.45, 2.75) is 51.3 Å². The van der Waals surface area contributed by atoms with Crippen LogP contribution in [-0.2, 0) is 0 Å². The molecule has 0 aromatic carbocycles. The SMILES string of the molecule is C=C(Nc1nc(NCC(C)(C)O)nc(C2=CCCCC2)n1)C(F)(F)F. The van der Waals surface area contributed by atoms with Crippen LogP contribution in [-0.4, -0.2) is 38.4 Å². The zero-order valence-electron chi connectivity index (χ0n) is 14.2. The molecule has 1 aromatic heterocycles. The van der Waals surface area contributed by atoms with Crippen molar-refractivity contribution in [2.75, 3.05) is 17.2 Å². The minimum absolute atomic E-state index is 0.0936. The molecule has 0 radical (unpaired) electrons. The number of aliphatic hydroxyl groups is 1. The van der Waals surface area contributed by atoms with Gasteiger partial charge in [0.2, 0.25) is 11.9 Å². The van der Waals surface area contributed by atoms with Gasteiger partial charge in [-0.25, -0.2) is 0 Å². The number of rotatable bonds is 6. The van der Waals surface area contributed by atoms with Crippen LogP contribution in [0.5, 0.6) is 0 Å². The summed E-state index contributed by atoms with van der Waals surface area (Å²) in [5.41, 5.74) is -1.31. The van der Waals surface area contributed by atoms with Gasteiger partial charge in [0, 0.05) is 6.54 Å². The number of nitrogens with zero attached hydrogens (tertiary/aromatic N) is 3. The van der Waals surface area contributed by atoms with Crippen LogP contribution in [0.3, 0.4) is 0 Å². The molecule has 0 saturated heterocycles. The highest BCUT2D eigenvalue weighted by molar-refractivity contribution is 5.62. The molecule has 1 aromatic rings. The highest BCUT2D eigenvalue weighted by Gasteiger charge is 2.33. The maximum Gasteiger partial charge on any atom is 0.430 e. The Bertz CT molecular complexity index is 665. The molecule has 1 aliphatic rings. The van der Waals surface area contributed by atoms with Gasteiger partial charge in [-0.3, -0.25) is 0 Å². The molecule has 0 bridgehead atoms. The lowest BCUT2D eigenvalue weighted by Crippen LogP contribution is -2.30. The lowest BCUT2D eigenvalue weighted by atomic mass is 9.99. The van der Waals surface area contributed by atoms with Gasteiger partial charge in [-0.05, 0) is 45.1 Å². The molecule has 6 nitrogen and oxygen atoms in total. The zero-order valence-corrected chi connectivity index (χ0v) is 14.2.